The van der Waals surface area contributed by atoms with Crippen molar-refractivity contribution in [3.8, 4) is 5.75 Å². The Kier molecular flexibility index (Phi) is 5.12. The van der Waals surface area contributed by atoms with Gasteiger partial charge in [0.25, 0.3) is 5.91 Å². The molecular formula is C21H21NO2. The van der Waals surface area contributed by atoms with E-state index in [0.717, 1.165) is 40.6 Å². The largest absolute Gasteiger partial charge is 0.483 e. The number of rotatable bonds is 6. The average molecular weight is 319 g/mol. The van der Waals surface area contributed by atoms with E-state index in [9.17, 15) is 4.79 Å². The number of hydrogen-bond donors (Lipinski definition) is 1. The predicted molar refractivity (Wildman–Crippen MR) is 98.5 cm³/mol. The number of aryl methyl sites for hydroxylation is 1. The summed E-state index contributed by atoms with van der Waals surface area (Å²) >= 11 is 0. The molecule has 0 aliphatic carbocycles. The van der Waals surface area contributed by atoms with E-state index in [1.165, 1.54) is 0 Å². The molecule has 1 N–H and O–H groups in total. The monoisotopic (exact) mass is 319 g/mol. The second-order valence-corrected chi connectivity index (χ2v) is 5.72. The number of carbonyl (C=O) groups is 1. The molecule has 3 nitrogen and oxygen atoms in total. The van der Waals surface area contributed by atoms with Crippen molar-refractivity contribution in [1.29, 1.82) is 0 Å². The fraction of sp³-hybridized carbons (Fsp3) is 0.190. The number of carbonyl (C=O) groups excluding carboxylic acids is 1. The van der Waals surface area contributed by atoms with Crippen molar-refractivity contribution in [2.75, 3.05) is 11.9 Å². The van der Waals surface area contributed by atoms with Crippen LogP contribution in [0.15, 0.2) is 66.7 Å². The zero-order valence-electron chi connectivity index (χ0n) is 13.8. The molecule has 122 valence electrons. The van der Waals surface area contributed by atoms with Gasteiger partial charge >= 0.3 is 0 Å². The summed E-state index contributed by atoms with van der Waals surface area (Å²) in [5, 5.41) is 5.06. The number of fused-ring (bicyclic) bond motifs is 1. The van der Waals surface area contributed by atoms with Crippen LogP contribution in [0.4, 0.5) is 5.69 Å². The first-order valence-electron chi connectivity index (χ1n) is 8.26. The van der Waals surface area contributed by atoms with E-state index in [1.54, 1.807) is 0 Å². The van der Waals surface area contributed by atoms with Gasteiger partial charge in [-0.25, -0.2) is 0 Å². The van der Waals surface area contributed by atoms with Gasteiger partial charge in [-0.2, -0.15) is 0 Å². The highest BCUT2D eigenvalue weighted by atomic mass is 16.5. The highest BCUT2D eigenvalue weighted by molar-refractivity contribution is 5.93. The van der Waals surface area contributed by atoms with Crippen LogP contribution in [0, 0.1) is 0 Å². The summed E-state index contributed by atoms with van der Waals surface area (Å²) in [6.07, 6.45) is 1.99. The highest BCUT2D eigenvalue weighted by Crippen LogP contribution is 2.25. The summed E-state index contributed by atoms with van der Waals surface area (Å²) in [5.41, 5.74) is 2.02. The number of anilines is 1. The topological polar surface area (TPSA) is 38.3 Å². The van der Waals surface area contributed by atoms with Gasteiger partial charge in [-0.3, -0.25) is 4.79 Å². The molecule has 0 unspecified atom stereocenters. The SMILES string of the molecule is CCCc1ccccc1NC(=O)COc1cccc2ccccc12. The van der Waals surface area contributed by atoms with Crippen LogP contribution >= 0.6 is 0 Å². The molecule has 24 heavy (non-hydrogen) atoms. The summed E-state index contributed by atoms with van der Waals surface area (Å²) in [5.74, 6) is 0.580. The number of para-hydroxylation sites is 1. The molecule has 0 aliphatic rings. The van der Waals surface area contributed by atoms with Crippen LogP contribution < -0.4 is 10.1 Å². The van der Waals surface area contributed by atoms with Crippen molar-refractivity contribution in [3.63, 3.8) is 0 Å². The molecule has 0 radical (unpaired) electrons. The molecule has 0 bridgehead atoms. The summed E-state index contributed by atoms with van der Waals surface area (Å²) in [6, 6.07) is 21.7. The molecule has 0 fully saturated rings. The van der Waals surface area contributed by atoms with Crippen molar-refractivity contribution in [1.82, 2.24) is 0 Å². The van der Waals surface area contributed by atoms with Gasteiger partial charge in [0.05, 0.1) is 0 Å². The lowest BCUT2D eigenvalue weighted by molar-refractivity contribution is -0.118. The Labute approximate surface area is 142 Å². The molecule has 3 aromatic carbocycles. The fourth-order valence-electron chi connectivity index (χ4n) is 2.78. The van der Waals surface area contributed by atoms with Crippen LogP contribution in [0.1, 0.15) is 18.9 Å². The first kappa shape index (κ1) is 16.1. The Hall–Kier alpha value is -2.81. The second-order valence-electron chi connectivity index (χ2n) is 5.72. The fourth-order valence-corrected chi connectivity index (χ4v) is 2.78. The molecule has 0 saturated heterocycles. The number of amides is 1. The minimum atomic E-state index is -0.147. The van der Waals surface area contributed by atoms with Gasteiger partial charge in [0.2, 0.25) is 0 Å². The molecule has 0 saturated carbocycles. The maximum absolute atomic E-state index is 12.2. The van der Waals surface area contributed by atoms with Crippen LogP contribution in [0.2, 0.25) is 0 Å². The van der Waals surface area contributed by atoms with Gasteiger partial charge in [0.1, 0.15) is 5.75 Å². The van der Waals surface area contributed by atoms with Gasteiger partial charge in [-0.05, 0) is 29.5 Å². The maximum atomic E-state index is 12.2. The van der Waals surface area contributed by atoms with Gasteiger partial charge < -0.3 is 10.1 Å². The van der Waals surface area contributed by atoms with Crippen LogP contribution in [0.3, 0.4) is 0 Å². The van der Waals surface area contributed by atoms with Crippen LogP contribution in [-0.4, -0.2) is 12.5 Å². The summed E-state index contributed by atoms with van der Waals surface area (Å²) in [7, 11) is 0. The van der Waals surface area contributed by atoms with Gasteiger partial charge in [0, 0.05) is 11.1 Å². The van der Waals surface area contributed by atoms with Crippen LogP contribution in [0.5, 0.6) is 5.75 Å². The van der Waals surface area contributed by atoms with Crippen molar-refractivity contribution < 1.29 is 9.53 Å². The molecule has 1 amide bonds. The quantitative estimate of drug-likeness (QED) is 0.708. The average Bonchev–Trinajstić information content (AvgIpc) is 2.62. The van der Waals surface area contributed by atoms with Gasteiger partial charge in [0.15, 0.2) is 6.61 Å². The summed E-state index contributed by atoms with van der Waals surface area (Å²) in [4.78, 5) is 12.2. The lowest BCUT2D eigenvalue weighted by atomic mass is 10.1. The Morgan fingerprint density at radius 3 is 2.58 bits per heavy atom. The Balaban J connectivity index is 1.67. The van der Waals surface area contributed by atoms with Crippen molar-refractivity contribution in [3.05, 3.63) is 72.3 Å². The molecule has 0 spiro atoms. The van der Waals surface area contributed by atoms with E-state index in [1.807, 2.05) is 66.7 Å². The third-order valence-corrected chi connectivity index (χ3v) is 3.92. The second kappa shape index (κ2) is 7.64. The molecule has 0 aromatic heterocycles. The zero-order valence-corrected chi connectivity index (χ0v) is 13.8. The number of hydrogen-bond acceptors (Lipinski definition) is 2. The third kappa shape index (κ3) is 3.74. The van der Waals surface area contributed by atoms with E-state index in [0.29, 0.717) is 0 Å². The van der Waals surface area contributed by atoms with Crippen molar-refractivity contribution in [2.24, 2.45) is 0 Å². The third-order valence-electron chi connectivity index (χ3n) is 3.92. The van der Waals surface area contributed by atoms with Crippen LogP contribution in [0.25, 0.3) is 10.8 Å². The normalized spacial score (nSPS) is 10.5. The highest BCUT2D eigenvalue weighted by Gasteiger charge is 2.08. The Bertz CT molecular complexity index is 837. The van der Waals surface area contributed by atoms with Crippen molar-refractivity contribution in [2.45, 2.75) is 19.8 Å². The first-order chi connectivity index (χ1) is 11.8. The minimum absolute atomic E-state index is 0.00549. The lowest BCUT2D eigenvalue weighted by Gasteiger charge is -2.12. The molecule has 3 heteroatoms. The molecular weight excluding hydrogens is 298 g/mol. The van der Waals surface area contributed by atoms with E-state index in [2.05, 4.69) is 12.2 Å². The lowest BCUT2D eigenvalue weighted by Crippen LogP contribution is -2.21. The molecule has 3 aromatic rings. The predicted octanol–water partition coefficient (Wildman–Crippen LogP) is 4.81. The number of nitrogens with one attached hydrogen (secondary N) is 1. The van der Waals surface area contributed by atoms with Gasteiger partial charge in [-0.1, -0.05) is 67.9 Å². The van der Waals surface area contributed by atoms with Crippen LogP contribution in [-0.2, 0) is 11.2 Å². The molecule has 0 atom stereocenters. The number of ether oxygens (including phenoxy) is 1. The van der Waals surface area contributed by atoms with E-state index in [4.69, 9.17) is 4.74 Å². The summed E-state index contributed by atoms with van der Waals surface area (Å²) in [6.45, 7) is 2.12. The zero-order chi connectivity index (χ0) is 16.8. The van der Waals surface area contributed by atoms with Gasteiger partial charge in [-0.15, -0.1) is 0 Å². The summed E-state index contributed by atoms with van der Waals surface area (Å²) < 4.78 is 5.74. The molecule has 0 heterocycles. The molecule has 3 rings (SSSR count). The first-order valence-corrected chi connectivity index (χ1v) is 8.26. The molecule has 0 aliphatic heterocycles. The number of benzene rings is 3. The Morgan fingerprint density at radius 2 is 1.71 bits per heavy atom. The maximum Gasteiger partial charge on any atom is 0.262 e. The van der Waals surface area contributed by atoms with E-state index >= 15 is 0 Å². The Morgan fingerprint density at radius 1 is 0.958 bits per heavy atom. The standard InChI is InChI=1S/C21H21NO2/c1-2-8-17-10-4-6-13-19(17)22-21(23)15-24-20-14-7-11-16-9-3-5-12-18(16)20/h3-7,9-14H,2,8,15H2,1H3,(H,22,23). The smallest absolute Gasteiger partial charge is 0.262 e. The van der Waals surface area contributed by atoms with Crippen molar-refractivity contribution >= 4 is 22.4 Å². The van der Waals surface area contributed by atoms with E-state index < -0.39 is 0 Å². The minimum Gasteiger partial charge on any atom is -0.483 e. The van der Waals surface area contributed by atoms with E-state index in [-0.39, 0.29) is 12.5 Å².